The lowest BCUT2D eigenvalue weighted by Gasteiger charge is -2.32. The van der Waals surface area contributed by atoms with Crippen LogP contribution in [0.2, 0.25) is 0 Å². The summed E-state index contributed by atoms with van der Waals surface area (Å²) in [5.74, 6) is -0.731. The zero-order valence-corrected chi connectivity index (χ0v) is 11.6. The van der Waals surface area contributed by atoms with Crippen molar-refractivity contribution in [1.82, 2.24) is 5.32 Å². The van der Waals surface area contributed by atoms with Crippen LogP contribution >= 0.6 is 0 Å². The van der Waals surface area contributed by atoms with Gasteiger partial charge in [0.1, 0.15) is 6.04 Å². The second kappa shape index (κ2) is 6.06. The number of rotatable bonds is 4. The Hall–Kier alpha value is -1.55. The van der Waals surface area contributed by atoms with E-state index in [1.807, 2.05) is 30.0 Å². The first-order valence-corrected chi connectivity index (χ1v) is 6.94. The number of anilines is 1. The highest BCUT2D eigenvalue weighted by Crippen LogP contribution is 2.26. The summed E-state index contributed by atoms with van der Waals surface area (Å²) < 4.78 is 0. The minimum atomic E-state index is -0.731. The number of carboxylic acids is 1. The van der Waals surface area contributed by atoms with E-state index in [1.165, 1.54) is 5.56 Å². The van der Waals surface area contributed by atoms with Gasteiger partial charge in [0.25, 0.3) is 0 Å². The van der Waals surface area contributed by atoms with E-state index in [4.69, 9.17) is 0 Å². The maximum Gasteiger partial charge on any atom is 0.326 e. The van der Waals surface area contributed by atoms with Crippen molar-refractivity contribution in [2.75, 3.05) is 11.4 Å². The van der Waals surface area contributed by atoms with Crippen molar-refractivity contribution >= 4 is 11.7 Å². The second-order valence-corrected chi connectivity index (χ2v) is 5.21. The fraction of sp³-hybridized carbons (Fsp3) is 0.533. The van der Waals surface area contributed by atoms with Crippen LogP contribution in [0.5, 0.6) is 0 Å². The van der Waals surface area contributed by atoms with Crippen molar-refractivity contribution in [1.29, 1.82) is 0 Å². The SMILES string of the molecule is CCCC(C(=O)O)N1CC(C)NCc2ccccc21. The molecular formula is C15H22N2O2. The molecule has 2 unspecified atom stereocenters. The smallest absolute Gasteiger partial charge is 0.326 e. The summed E-state index contributed by atoms with van der Waals surface area (Å²) in [6.07, 6.45) is 1.55. The molecular weight excluding hydrogens is 240 g/mol. The summed E-state index contributed by atoms with van der Waals surface area (Å²) in [5.41, 5.74) is 2.23. The maximum absolute atomic E-state index is 11.6. The molecule has 0 fully saturated rings. The number of hydrogen-bond acceptors (Lipinski definition) is 3. The highest BCUT2D eigenvalue weighted by Gasteiger charge is 2.29. The van der Waals surface area contributed by atoms with Gasteiger partial charge in [0.2, 0.25) is 0 Å². The van der Waals surface area contributed by atoms with E-state index in [0.29, 0.717) is 6.42 Å². The van der Waals surface area contributed by atoms with Crippen LogP contribution in [0.4, 0.5) is 5.69 Å². The van der Waals surface area contributed by atoms with Gasteiger partial charge in [0, 0.05) is 24.8 Å². The van der Waals surface area contributed by atoms with Crippen LogP contribution in [0, 0.1) is 0 Å². The van der Waals surface area contributed by atoms with E-state index in [1.54, 1.807) is 0 Å². The molecule has 1 aromatic rings. The molecule has 0 aliphatic carbocycles. The molecule has 0 amide bonds. The molecule has 19 heavy (non-hydrogen) atoms. The topological polar surface area (TPSA) is 52.6 Å². The Labute approximate surface area is 114 Å². The first kappa shape index (κ1) is 13.9. The summed E-state index contributed by atoms with van der Waals surface area (Å²) in [5, 5.41) is 12.9. The van der Waals surface area contributed by atoms with E-state index in [2.05, 4.69) is 18.3 Å². The molecule has 0 saturated carbocycles. The Morgan fingerprint density at radius 2 is 2.26 bits per heavy atom. The van der Waals surface area contributed by atoms with Gasteiger partial charge >= 0.3 is 5.97 Å². The Morgan fingerprint density at radius 1 is 1.53 bits per heavy atom. The molecule has 2 atom stereocenters. The number of fused-ring (bicyclic) bond motifs is 1. The van der Waals surface area contributed by atoms with Crippen molar-refractivity contribution < 1.29 is 9.90 Å². The number of benzene rings is 1. The molecule has 4 heteroatoms. The highest BCUT2D eigenvalue weighted by atomic mass is 16.4. The molecule has 2 N–H and O–H groups in total. The molecule has 2 rings (SSSR count). The first-order valence-electron chi connectivity index (χ1n) is 6.94. The second-order valence-electron chi connectivity index (χ2n) is 5.21. The number of para-hydroxylation sites is 1. The average Bonchev–Trinajstić information content (AvgIpc) is 2.56. The number of aliphatic carboxylic acids is 1. The molecule has 104 valence electrons. The molecule has 1 heterocycles. The third-order valence-corrected chi connectivity index (χ3v) is 3.64. The summed E-state index contributed by atoms with van der Waals surface area (Å²) in [6.45, 7) is 5.66. The fourth-order valence-corrected chi connectivity index (χ4v) is 2.66. The number of nitrogens with zero attached hydrogens (tertiary/aromatic N) is 1. The number of carboxylic acid groups (broad SMARTS) is 1. The lowest BCUT2D eigenvalue weighted by Crippen LogP contribution is -2.46. The third kappa shape index (κ3) is 3.07. The summed E-state index contributed by atoms with van der Waals surface area (Å²) in [4.78, 5) is 13.6. The van der Waals surface area contributed by atoms with Gasteiger partial charge in [-0.05, 0) is 25.0 Å². The van der Waals surface area contributed by atoms with Crippen LogP contribution in [0.25, 0.3) is 0 Å². The standard InChI is InChI=1S/C15H22N2O2/c1-3-6-14(15(18)19)17-10-11(2)16-9-12-7-4-5-8-13(12)17/h4-5,7-8,11,14,16H,3,6,9-10H2,1-2H3,(H,18,19). The Bertz CT molecular complexity index is 448. The normalized spacial score (nSPS) is 20.5. The monoisotopic (exact) mass is 262 g/mol. The molecule has 0 aromatic heterocycles. The number of hydrogen-bond donors (Lipinski definition) is 2. The van der Waals surface area contributed by atoms with E-state index in [-0.39, 0.29) is 6.04 Å². The summed E-state index contributed by atoms with van der Waals surface area (Å²) >= 11 is 0. The molecule has 0 spiro atoms. The van der Waals surface area contributed by atoms with Crippen LogP contribution in [0.15, 0.2) is 24.3 Å². The lowest BCUT2D eigenvalue weighted by molar-refractivity contribution is -0.138. The average molecular weight is 262 g/mol. The molecule has 1 aliphatic rings. The van der Waals surface area contributed by atoms with Gasteiger partial charge in [-0.25, -0.2) is 4.79 Å². The minimum absolute atomic E-state index is 0.283. The minimum Gasteiger partial charge on any atom is -0.480 e. The molecule has 4 nitrogen and oxygen atoms in total. The lowest BCUT2D eigenvalue weighted by atomic mass is 10.1. The Kier molecular flexibility index (Phi) is 4.43. The first-order chi connectivity index (χ1) is 9.13. The summed E-state index contributed by atoms with van der Waals surface area (Å²) in [6, 6.07) is 7.93. The van der Waals surface area contributed by atoms with E-state index in [0.717, 1.165) is 25.2 Å². The van der Waals surface area contributed by atoms with Crippen molar-refractivity contribution in [2.45, 2.75) is 45.3 Å². The Balaban J connectivity index is 2.37. The van der Waals surface area contributed by atoms with Crippen molar-refractivity contribution in [3.63, 3.8) is 0 Å². The number of nitrogens with one attached hydrogen (secondary N) is 1. The van der Waals surface area contributed by atoms with E-state index < -0.39 is 12.0 Å². The largest absolute Gasteiger partial charge is 0.480 e. The zero-order valence-electron chi connectivity index (χ0n) is 11.6. The fourth-order valence-electron chi connectivity index (χ4n) is 2.66. The summed E-state index contributed by atoms with van der Waals surface area (Å²) in [7, 11) is 0. The van der Waals surface area contributed by atoms with Crippen molar-refractivity contribution in [3.8, 4) is 0 Å². The maximum atomic E-state index is 11.6. The van der Waals surface area contributed by atoms with Crippen LogP contribution in [0.1, 0.15) is 32.3 Å². The van der Waals surface area contributed by atoms with Crippen molar-refractivity contribution in [3.05, 3.63) is 29.8 Å². The molecule has 0 radical (unpaired) electrons. The molecule has 1 aliphatic heterocycles. The number of carbonyl (C=O) groups is 1. The van der Waals surface area contributed by atoms with Gasteiger partial charge in [-0.1, -0.05) is 31.5 Å². The van der Waals surface area contributed by atoms with E-state index in [9.17, 15) is 9.90 Å². The molecule has 0 bridgehead atoms. The predicted molar refractivity (Wildman–Crippen MR) is 76.4 cm³/mol. The predicted octanol–water partition coefficient (Wildman–Crippen LogP) is 2.24. The van der Waals surface area contributed by atoms with Gasteiger partial charge in [-0.3, -0.25) is 0 Å². The molecule has 1 aromatic carbocycles. The van der Waals surface area contributed by atoms with Crippen LogP contribution < -0.4 is 10.2 Å². The highest BCUT2D eigenvalue weighted by molar-refractivity contribution is 5.79. The Morgan fingerprint density at radius 3 is 2.95 bits per heavy atom. The van der Waals surface area contributed by atoms with Gasteiger partial charge in [0.05, 0.1) is 0 Å². The van der Waals surface area contributed by atoms with Gasteiger partial charge in [0.15, 0.2) is 0 Å². The van der Waals surface area contributed by atoms with E-state index >= 15 is 0 Å². The van der Waals surface area contributed by atoms with Crippen LogP contribution in [0.3, 0.4) is 0 Å². The quantitative estimate of drug-likeness (QED) is 0.873. The van der Waals surface area contributed by atoms with Crippen LogP contribution in [-0.4, -0.2) is 29.7 Å². The van der Waals surface area contributed by atoms with Crippen molar-refractivity contribution in [2.24, 2.45) is 0 Å². The molecule has 0 saturated heterocycles. The third-order valence-electron chi connectivity index (χ3n) is 3.64. The van der Waals surface area contributed by atoms with Crippen LogP contribution in [-0.2, 0) is 11.3 Å². The zero-order chi connectivity index (χ0) is 13.8. The van der Waals surface area contributed by atoms with Gasteiger partial charge < -0.3 is 15.3 Å². The van der Waals surface area contributed by atoms with Gasteiger partial charge in [-0.2, -0.15) is 0 Å². The van der Waals surface area contributed by atoms with Gasteiger partial charge in [-0.15, -0.1) is 0 Å².